The van der Waals surface area contributed by atoms with Gasteiger partial charge in [-0.1, -0.05) is 0 Å². The minimum atomic E-state index is -4.57. The Hall–Kier alpha value is -2.71. The molecule has 1 aromatic heterocycles. The van der Waals surface area contributed by atoms with Crippen molar-refractivity contribution in [3.63, 3.8) is 0 Å². The Morgan fingerprint density at radius 1 is 1.08 bits per heavy atom. The second-order valence-corrected chi connectivity index (χ2v) is 5.45. The Kier molecular flexibility index (Phi) is 4.08. The van der Waals surface area contributed by atoms with Gasteiger partial charge in [0.15, 0.2) is 17.2 Å². The normalized spacial score (nSPS) is 13.2. The Labute approximate surface area is 136 Å². The molecule has 0 saturated heterocycles. The van der Waals surface area contributed by atoms with Crippen molar-refractivity contribution in [2.75, 3.05) is 17.4 Å². The lowest BCUT2D eigenvalue weighted by molar-refractivity contribution is -0.141. The fourth-order valence-corrected chi connectivity index (χ4v) is 2.10. The van der Waals surface area contributed by atoms with Gasteiger partial charge in [-0.15, -0.1) is 0 Å². The summed E-state index contributed by atoms with van der Waals surface area (Å²) in [6.07, 6.45) is -4.57. The van der Waals surface area contributed by atoms with Crippen molar-refractivity contribution in [2.24, 2.45) is 0 Å². The lowest BCUT2D eigenvalue weighted by Crippen LogP contribution is -2.17. The molecule has 0 amide bonds. The third-order valence-corrected chi connectivity index (χ3v) is 3.08. The maximum Gasteiger partial charge on any atom is 0.433 e. The summed E-state index contributed by atoms with van der Waals surface area (Å²) < 4.78 is 49.5. The third-order valence-electron chi connectivity index (χ3n) is 3.08. The van der Waals surface area contributed by atoms with Crippen molar-refractivity contribution >= 4 is 17.5 Å². The zero-order chi connectivity index (χ0) is 17.3. The van der Waals surface area contributed by atoms with Gasteiger partial charge in [-0.05, 0) is 26.0 Å². The van der Waals surface area contributed by atoms with Crippen molar-refractivity contribution in [3.8, 4) is 11.5 Å². The van der Waals surface area contributed by atoms with E-state index < -0.39 is 11.9 Å². The molecule has 1 aliphatic heterocycles. The molecule has 0 saturated carbocycles. The smallest absolute Gasteiger partial charge is 0.433 e. The second kappa shape index (κ2) is 6.06. The van der Waals surface area contributed by atoms with Gasteiger partial charge in [-0.3, -0.25) is 0 Å². The molecule has 128 valence electrons. The highest BCUT2D eigenvalue weighted by Gasteiger charge is 2.34. The SMILES string of the molecule is CC(C)Nc1nc(Nc2ccc3c(c2)OCO3)cc(C(F)(F)F)n1. The fraction of sp³-hybridized carbons (Fsp3) is 0.333. The summed E-state index contributed by atoms with van der Waals surface area (Å²) >= 11 is 0. The van der Waals surface area contributed by atoms with E-state index >= 15 is 0 Å². The number of rotatable bonds is 4. The number of benzene rings is 1. The van der Waals surface area contributed by atoms with Crippen molar-refractivity contribution in [2.45, 2.75) is 26.1 Å². The van der Waals surface area contributed by atoms with E-state index in [4.69, 9.17) is 9.47 Å². The van der Waals surface area contributed by atoms with Crippen LogP contribution in [0, 0.1) is 0 Å². The van der Waals surface area contributed by atoms with Crippen molar-refractivity contribution in [1.29, 1.82) is 0 Å². The highest BCUT2D eigenvalue weighted by molar-refractivity contribution is 5.62. The number of anilines is 3. The number of hydrogen-bond acceptors (Lipinski definition) is 6. The topological polar surface area (TPSA) is 68.3 Å². The van der Waals surface area contributed by atoms with Crippen LogP contribution in [0.2, 0.25) is 0 Å². The lowest BCUT2D eigenvalue weighted by Gasteiger charge is -2.14. The molecule has 6 nitrogen and oxygen atoms in total. The van der Waals surface area contributed by atoms with Gasteiger partial charge in [0.1, 0.15) is 5.82 Å². The number of aromatic nitrogens is 2. The molecule has 2 aromatic rings. The zero-order valence-electron chi connectivity index (χ0n) is 12.9. The summed E-state index contributed by atoms with van der Waals surface area (Å²) in [7, 11) is 0. The summed E-state index contributed by atoms with van der Waals surface area (Å²) in [6.45, 7) is 3.69. The molecular formula is C15H15F3N4O2. The molecule has 2 N–H and O–H groups in total. The van der Waals surface area contributed by atoms with Crippen LogP contribution >= 0.6 is 0 Å². The zero-order valence-corrected chi connectivity index (χ0v) is 12.9. The van der Waals surface area contributed by atoms with E-state index in [2.05, 4.69) is 20.6 Å². The van der Waals surface area contributed by atoms with E-state index in [-0.39, 0.29) is 24.6 Å². The molecule has 0 aliphatic carbocycles. The first kappa shape index (κ1) is 16.2. The first-order chi connectivity index (χ1) is 11.3. The average molecular weight is 340 g/mol. The van der Waals surface area contributed by atoms with Crippen LogP contribution in [0.1, 0.15) is 19.5 Å². The lowest BCUT2D eigenvalue weighted by atomic mass is 10.2. The van der Waals surface area contributed by atoms with E-state index in [0.29, 0.717) is 17.2 Å². The van der Waals surface area contributed by atoms with Crippen LogP contribution in [0.5, 0.6) is 11.5 Å². The minimum Gasteiger partial charge on any atom is -0.454 e. The fourth-order valence-electron chi connectivity index (χ4n) is 2.10. The number of nitrogens with one attached hydrogen (secondary N) is 2. The van der Waals surface area contributed by atoms with E-state index in [9.17, 15) is 13.2 Å². The minimum absolute atomic E-state index is 0.0272. The summed E-state index contributed by atoms with van der Waals surface area (Å²) in [4.78, 5) is 7.58. The maximum absolute atomic E-state index is 13.0. The number of hydrogen-bond donors (Lipinski definition) is 2. The Balaban J connectivity index is 1.91. The van der Waals surface area contributed by atoms with Gasteiger partial charge in [0.2, 0.25) is 12.7 Å². The quantitative estimate of drug-likeness (QED) is 0.883. The van der Waals surface area contributed by atoms with Crippen LogP contribution < -0.4 is 20.1 Å². The molecule has 0 atom stereocenters. The van der Waals surface area contributed by atoms with Crippen LogP contribution in [0.15, 0.2) is 24.3 Å². The molecule has 24 heavy (non-hydrogen) atoms. The molecule has 0 unspecified atom stereocenters. The molecule has 0 bridgehead atoms. The van der Waals surface area contributed by atoms with Gasteiger partial charge in [0.25, 0.3) is 0 Å². The molecule has 0 spiro atoms. The van der Waals surface area contributed by atoms with Crippen LogP contribution in [0.4, 0.5) is 30.6 Å². The standard InChI is InChI=1S/C15H15F3N4O2/c1-8(2)19-14-21-12(15(16,17)18)6-13(22-14)20-9-3-4-10-11(5-9)24-7-23-10/h3-6,8H,7H2,1-2H3,(H2,19,20,21,22). The van der Waals surface area contributed by atoms with Crippen molar-refractivity contribution in [3.05, 3.63) is 30.0 Å². The molecule has 0 radical (unpaired) electrons. The molecule has 0 fully saturated rings. The number of halogens is 3. The van der Waals surface area contributed by atoms with Gasteiger partial charge in [-0.25, -0.2) is 4.98 Å². The maximum atomic E-state index is 13.0. The Morgan fingerprint density at radius 3 is 2.54 bits per heavy atom. The number of alkyl halides is 3. The number of nitrogens with zero attached hydrogens (tertiary/aromatic N) is 2. The van der Waals surface area contributed by atoms with Gasteiger partial charge in [0, 0.05) is 23.9 Å². The van der Waals surface area contributed by atoms with E-state index in [1.54, 1.807) is 32.0 Å². The molecule has 3 rings (SSSR count). The van der Waals surface area contributed by atoms with Gasteiger partial charge in [0.05, 0.1) is 0 Å². The van der Waals surface area contributed by atoms with Gasteiger partial charge >= 0.3 is 6.18 Å². The summed E-state index contributed by atoms with van der Waals surface area (Å²) in [5.41, 5.74) is -0.495. The Bertz CT molecular complexity index is 750. The van der Waals surface area contributed by atoms with Crippen LogP contribution in [-0.2, 0) is 6.18 Å². The number of fused-ring (bicyclic) bond motifs is 1. The largest absolute Gasteiger partial charge is 0.454 e. The first-order valence-corrected chi connectivity index (χ1v) is 7.21. The van der Waals surface area contributed by atoms with Crippen LogP contribution in [-0.4, -0.2) is 22.8 Å². The van der Waals surface area contributed by atoms with E-state index in [1.807, 2.05) is 0 Å². The molecular weight excluding hydrogens is 325 g/mol. The summed E-state index contributed by atoms with van der Waals surface area (Å²) in [6, 6.07) is 5.72. The highest BCUT2D eigenvalue weighted by Crippen LogP contribution is 2.35. The van der Waals surface area contributed by atoms with Crippen molar-refractivity contribution < 1.29 is 22.6 Å². The first-order valence-electron chi connectivity index (χ1n) is 7.21. The van der Waals surface area contributed by atoms with E-state index in [1.165, 1.54) is 0 Å². The number of ether oxygens (including phenoxy) is 2. The monoisotopic (exact) mass is 340 g/mol. The molecule has 1 aliphatic rings. The predicted octanol–water partition coefficient (Wildman–Crippen LogP) is 3.79. The molecule has 1 aromatic carbocycles. The summed E-state index contributed by atoms with van der Waals surface area (Å²) in [5.74, 6) is 1.04. The summed E-state index contributed by atoms with van der Waals surface area (Å²) in [5, 5.41) is 5.61. The molecule has 2 heterocycles. The van der Waals surface area contributed by atoms with Crippen LogP contribution in [0.25, 0.3) is 0 Å². The van der Waals surface area contributed by atoms with Crippen molar-refractivity contribution in [1.82, 2.24) is 9.97 Å². The highest BCUT2D eigenvalue weighted by atomic mass is 19.4. The second-order valence-electron chi connectivity index (χ2n) is 5.45. The third kappa shape index (κ3) is 3.61. The van der Waals surface area contributed by atoms with Gasteiger partial charge < -0.3 is 20.1 Å². The van der Waals surface area contributed by atoms with Crippen LogP contribution in [0.3, 0.4) is 0 Å². The predicted molar refractivity (Wildman–Crippen MR) is 81.6 cm³/mol. The average Bonchev–Trinajstić information content (AvgIpc) is 2.93. The van der Waals surface area contributed by atoms with E-state index in [0.717, 1.165) is 6.07 Å². The Morgan fingerprint density at radius 2 is 1.83 bits per heavy atom. The molecule has 9 heteroatoms. The van der Waals surface area contributed by atoms with Gasteiger partial charge in [-0.2, -0.15) is 18.2 Å².